The van der Waals surface area contributed by atoms with Crippen molar-refractivity contribution in [3.63, 3.8) is 0 Å². The lowest BCUT2D eigenvalue weighted by atomic mass is 9.80. The summed E-state index contributed by atoms with van der Waals surface area (Å²) in [5, 5.41) is 9.06. The molecule has 102 valence electrons. The fourth-order valence-corrected chi connectivity index (χ4v) is 3.66. The first-order valence-electron chi connectivity index (χ1n) is 7.51. The number of rotatable bonds is 1. The summed E-state index contributed by atoms with van der Waals surface area (Å²) >= 11 is 0. The maximum atomic E-state index is 9.06. The van der Waals surface area contributed by atoms with Crippen molar-refractivity contribution < 1.29 is 0 Å². The Labute approximate surface area is 124 Å². The Kier molecular flexibility index (Phi) is 2.68. The summed E-state index contributed by atoms with van der Waals surface area (Å²) in [5.74, 6) is 0. The molecule has 1 fully saturated rings. The summed E-state index contributed by atoms with van der Waals surface area (Å²) in [6.45, 7) is 0. The number of nitrogens with zero attached hydrogens (tertiary/aromatic N) is 2. The van der Waals surface area contributed by atoms with E-state index in [1.165, 1.54) is 36.8 Å². The molecule has 0 N–H and O–H groups in total. The van der Waals surface area contributed by atoms with Crippen LogP contribution in [0.2, 0.25) is 0 Å². The van der Waals surface area contributed by atoms with Crippen LogP contribution in [0.1, 0.15) is 36.8 Å². The molecular weight excluding hydrogens is 256 g/mol. The predicted molar refractivity (Wildman–Crippen MR) is 84.9 cm³/mol. The van der Waals surface area contributed by atoms with Gasteiger partial charge in [-0.2, -0.15) is 5.26 Å². The van der Waals surface area contributed by atoms with Crippen molar-refractivity contribution in [2.24, 2.45) is 4.99 Å². The van der Waals surface area contributed by atoms with Crippen molar-refractivity contribution in [1.82, 2.24) is 0 Å². The summed E-state index contributed by atoms with van der Waals surface area (Å²) in [5.41, 5.74) is 5.68. The van der Waals surface area contributed by atoms with Gasteiger partial charge in [0.05, 0.1) is 17.3 Å². The molecule has 2 nitrogen and oxygen atoms in total. The van der Waals surface area contributed by atoms with Crippen molar-refractivity contribution >= 4 is 11.9 Å². The molecule has 1 aliphatic carbocycles. The van der Waals surface area contributed by atoms with E-state index in [9.17, 15) is 0 Å². The van der Waals surface area contributed by atoms with E-state index in [0.29, 0.717) is 5.56 Å². The predicted octanol–water partition coefficient (Wildman–Crippen LogP) is 4.75. The molecule has 1 saturated carbocycles. The third-order valence-corrected chi connectivity index (χ3v) is 4.80. The molecule has 2 aromatic carbocycles. The zero-order valence-corrected chi connectivity index (χ0v) is 11.8. The van der Waals surface area contributed by atoms with Crippen molar-refractivity contribution in [3.8, 4) is 17.2 Å². The summed E-state index contributed by atoms with van der Waals surface area (Å²) in [7, 11) is 0. The average Bonchev–Trinajstić information content (AvgIpc) is 3.16. The van der Waals surface area contributed by atoms with Crippen LogP contribution in [-0.4, -0.2) is 6.21 Å². The van der Waals surface area contributed by atoms with E-state index in [1.807, 2.05) is 18.2 Å². The molecule has 4 rings (SSSR count). The van der Waals surface area contributed by atoms with Gasteiger partial charge < -0.3 is 0 Å². The fourth-order valence-electron chi connectivity index (χ4n) is 3.66. The van der Waals surface area contributed by atoms with Gasteiger partial charge in [0.15, 0.2) is 0 Å². The van der Waals surface area contributed by atoms with Crippen LogP contribution in [0, 0.1) is 11.3 Å². The van der Waals surface area contributed by atoms with Crippen LogP contribution in [0.4, 0.5) is 5.69 Å². The summed E-state index contributed by atoms with van der Waals surface area (Å²) in [6, 6.07) is 16.5. The number of hydrogen-bond donors (Lipinski definition) is 0. The molecule has 0 radical (unpaired) electrons. The molecule has 0 atom stereocenters. The number of hydrogen-bond acceptors (Lipinski definition) is 2. The van der Waals surface area contributed by atoms with Crippen molar-refractivity contribution in [3.05, 3.63) is 53.6 Å². The Balaban J connectivity index is 1.81. The van der Waals surface area contributed by atoms with Crippen LogP contribution < -0.4 is 0 Å². The Hall–Kier alpha value is -2.40. The van der Waals surface area contributed by atoms with Crippen molar-refractivity contribution in [2.45, 2.75) is 31.1 Å². The quantitative estimate of drug-likeness (QED) is 0.737. The Morgan fingerprint density at radius 2 is 1.81 bits per heavy atom. The third kappa shape index (κ3) is 1.89. The first-order valence-corrected chi connectivity index (χ1v) is 7.51. The molecule has 0 aromatic heterocycles. The Bertz CT molecular complexity index is 774. The largest absolute Gasteiger partial charge is 0.260 e. The molecule has 0 saturated heterocycles. The standard InChI is InChI=1S/C19H16N2/c20-12-14-4-3-5-15(10-14)16-6-7-18-17(11-16)19(13-21-18)8-1-2-9-19/h3-7,10-11,13H,1-2,8-9H2. The highest BCUT2D eigenvalue weighted by Crippen LogP contribution is 2.48. The molecule has 2 heteroatoms. The first-order chi connectivity index (χ1) is 10.3. The lowest BCUT2D eigenvalue weighted by Gasteiger charge is -2.21. The minimum atomic E-state index is 0.179. The van der Waals surface area contributed by atoms with Crippen LogP contribution in [0.5, 0.6) is 0 Å². The normalized spacial score (nSPS) is 17.9. The molecule has 2 aromatic rings. The van der Waals surface area contributed by atoms with E-state index in [4.69, 9.17) is 5.26 Å². The lowest BCUT2D eigenvalue weighted by molar-refractivity contribution is 0.625. The van der Waals surface area contributed by atoms with E-state index in [-0.39, 0.29) is 5.41 Å². The molecule has 1 aliphatic heterocycles. The van der Waals surface area contributed by atoms with Gasteiger partial charge in [0.1, 0.15) is 0 Å². The minimum Gasteiger partial charge on any atom is -0.260 e. The van der Waals surface area contributed by atoms with Gasteiger partial charge in [0.2, 0.25) is 0 Å². The maximum absolute atomic E-state index is 9.06. The van der Waals surface area contributed by atoms with E-state index in [1.54, 1.807) is 0 Å². The number of aliphatic imine (C=N–C) groups is 1. The molecule has 0 amide bonds. The van der Waals surface area contributed by atoms with Crippen LogP contribution >= 0.6 is 0 Å². The summed E-state index contributed by atoms with van der Waals surface area (Å²) in [4.78, 5) is 4.63. The maximum Gasteiger partial charge on any atom is 0.0991 e. The van der Waals surface area contributed by atoms with E-state index in [2.05, 4.69) is 41.5 Å². The zero-order chi connectivity index (χ0) is 14.3. The van der Waals surface area contributed by atoms with Gasteiger partial charge in [-0.05, 0) is 53.8 Å². The number of nitriles is 1. The highest BCUT2D eigenvalue weighted by Gasteiger charge is 2.38. The van der Waals surface area contributed by atoms with Gasteiger partial charge in [-0.3, -0.25) is 4.99 Å². The van der Waals surface area contributed by atoms with Gasteiger partial charge in [-0.25, -0.2) is 0 Å². The lowest BCUT2D eigenvalue weighted by Crippen LogP contribution is -2.20. The molecule has 1 spiro atoms. The third-order valence-electron chi connectivity index (χ3n) is 4.80. The van der Waals surface area contributed by atoms with Crippen molar-refractivity contribution in [2.75, 3.05) is 0 Å². The summed E-state index contributed by atoms with van der Waals surface area (Å²) in [6.07, 6.45) is 7.18. The van der Waals surface area contributed by atoms with Gasteiger partial charge in [-0.1, -0.05) is 31.0 Å². The highest BCUT2D eigenvalue weighted by molar-refractivity contribution is 5.87. The zero-order valence-electron chi connectivity index (χ0n) is 11.8. The second-order valence-electron chi connectivity index (χ2n) is 6.05. The number of fused-ring (bicyclic) bond motifs is 2. The second kappa shape index (κ2) is 4.56. The number of benzene rings is 2. The smallest absolute Gasteiger partial charge is 0.0991 e. The van der Waals surface area contributed by atoms with Gasteiger partial charge in [0, 0.05) is 11.6 Å². The summed E-state index contributed by atoms with van der Waals surface area (Å²) < 4.78 is 0. The first kappa shape index (κ1) is 12.3. The molecule has 1 heterocycles. The average molecular weight is 272 g/mol. The monoisotopic (exact) mass is 272 g/mol. The molecule has 0 bridgehead atoms. The van der Waals surface area contributed by atoms with E-state index < -0.39 is 0 Å². The fraction of sp³-hybridized carbons (Fsp3) is 0.263. The molecule has 0 unspecified atom stereocenters. The van der Waals surface area contributed by atoms with Crippen LogP contribution in [0.25, 0.3) is 11.1 Å². The molecular formula is C19H16N2. The molecule has 2 aliphatic rings. The SMILES string of the molecule is N#Cc1cccc(-c2ccc3c(c2)C2(C=N3)CCCC2)c1. The van der Waals surface area contributed by atoms with E-state index >= 15 is 0 Å². The van der Waals surface area contributed by atoms with E-state index in [0.717, 1.165) is 11.3 Å². The van der Waals surface area contributed by atoms with Gasteiger partial charge in [0.25, 0.3) is 0 Å². The Morgan fingerprint density at radius 3 is 2.62 bits per heavy atom. The minimum absolute atomic E-state index is 0.179. The Morgan fingerprint density at radius 1 is 1.00 bits per heavy atom. The van der Waals surface area contributed by atoms with Crippen LogP contribution in [0.15, 0.2) is 47.5 Å². The highest BCUT2D eigenvalue weighted by atomic mass is 14.8. The van der Waals surface area contributed by atoms with Gasteiger partial charge in [-0.15, -0.1) is 0 Å². The molecule has 21 heavy (non-hydrogen) atoms. The van der Waals surface area contributed by atoms with Crippen molar-refractivity contribution in [1.29, 1.82) is 5.26 Å². The van der Waals surface area contributed by atoms with Crippen LogP contribution in [0.3, 0.4) is 0 Å². The van der Waals surface area contributed by atoms with Crippen LogP contribution in [-0.2, 0) is 5.41 Å². The van der Waals surface area contributed by atoms with Gasteiger partial charge >= 0.3 is 0 Å². The second-order valence-corrected chi connectivity index (χ2v) is 6.05. The topological polar surface area (TPSA) is 36.1 Å².